The molecule has 3 aliphatic rings. The number of hydrogen-bond acceptors (Lipinski definition) is 23. The summed E-state index contributed by atoms with van der Waals surface area (Å²) in [6.07, 6.45) is 4.59. The number of aliphatic hydroxyl groups is 2. The maximum absolute atomic E-state index is 15.7. The normalized spacial score (nSPS) is 26.1. The molecular weight excluding hydrogens is 1700 g/mol. The molecule has 3 aromatic carbocycles. The third-order valence-corrected chi connectivity index (χ3v) is 25.0. The number of H-pyrrole nitrogens is 3. The summed E-state index contributed by atoms with van der Waals surface area (Å²) in [6, 6.07) is 1.52. The van der Waals surface area contributed by atoms with Crippen LogP contribution >= 0.6 is 11.8 Å². The molecule has 2 unspecified atom stereocenters. The van der Waals surface area contributed by atoms with Crippen LogP contribution in [0.2, 0.25) is 0 Å². The molecule has 15 amide bonds. The molecule has 0 radical (unpaired) electrons. The zero-order valence-corrected chi connectivity index (χ0v) is 75.9. The lowest BCUT2D eigenvalue weighted by Crippen LogP contribution is -2.62. The Hall–Kier alpha value is -12.1. The van der Waals surface area contributed by atoms with E-state index in [1.54, 1.807) is 51.3 Å². The van der Waals surface area contributed by atoms with E-state index in [1.165, 1.54) is 67.5 Å². The Bertz CT molecular complexity index is 4920. The Morgan fingerprint density at radius 2 is 1.18 bits per heavy atom. The van der Waals surface area contributed by atoms with Gasteiger partial charge in [-0.05, 0) is 126 Å². The quantitative estimate of drug-likeness (QED) is 0.0345. The molecule has 3 fully saturated rings. The molecule has 0 aliphatic carbocycles. The largest absolute Gasteiger partial charge is 0.508 e. The van der Waals surface area contributed by atoms with Crippen LogP contribution in [0.5, 0.6) is 5.75 Å². The molecule has 130 heavy (non-hydrogen) atoms. The highest BCUT2D eigenvalue weighted by Gasteiger charge is 2.46. The minimum atomic E-state index is -1.82. The lowest BCUT2D eigenvalue weighted by molar-refractivity contribution is -0.145. The Balaban J connectivity index is 1.08. The Kier molecular flexibility index (Phi) is 38.0. The van der Waals surface area contributed by atoms with Crippen LogP contribution in [0.15, 0.2) is 97.7 Å². The first-order valence-corrected chi connectivity index (χ1v) is 45.5. The second-order valence-electron chi connectivity index (χ2n) is 34.3. The van der Waals surface area contributed by atoms with Crippen LogP contribution in [-0.4, -0.2) is 311 Å². The lowest BCUT2D eigenvalue weighted by Gasteiger charge is -2.37. The molecule has 9 rings (SSSR count). The fraction of sp³-hybridized carbons (Fsp3) is 0.551. The Labute approximate surface area is 758 Å². The SMILES string of the molecule is CCCC[C@H]1CN(C)[C@@H](CCCC)C(=O)N[C@@H](C)C(=O)N[C@H](C(=O)NCC(N)=O)CSCC(=O)N[C@@H](Cc2ccc(O)cc2)C(=O)N(C)[C@@H](C)C(=O)N[C@@H](CC(N)=O)C(=O)N2CCC[C@H]2C(=O)N[C@@H](Cc2cnc[nH]2)C(=O)N[C@@H](CC(C)C)C(=O)N2C[C@H](O)C[C@H]2C(O)N[C@@H](Cc2c[nH]c3ccccc23)C(=O)NC(CCN)C(=O)N[C@@H](Cc2c[nH]c3ccccc23)C(=O)N1C. The maximum atomic E-state index is 15.7. The highest BCUT2D eigenvalue weighted by atomic mass is 32.2. The minimum Gasteiger partial charge on any atom is -0.508 e. The van der Waals surface area contributed by atoms with Crippen LogP contribution in [0.25, 0.3) is 21.8 Å². The number of para-hydroxylation sites is 2. The third-order valence-electron chi connectivity index (χ3n) is 24.0. The number of nitrogens with one attached hydrogen (secondary N) is 13. The number of aromatic amines is 3. The molecule has 16 atom stereocenters. The minimum absolute atomic E-state index is 0.0137. The number of nitrogens with two attached hydrogens (primary N) is 3. The first-order valence-electron chi connectivity index (χ1n) is 44.3. The summed E-state index contributed by atoms with van der Waals surface area (Å²) < 4.78 is 0. The van der Waals surface area contributed by atoms with E-state index in [1.807, 2.05) is 56.3 Å². The van der Waals surface area contributed by atoms with Crippen LogP contribution in [0, 0.1) is 5.92 Å². The van der Waals surface area contributed by atoms with E-state index in [2.05, 4.69) is 73.1 Å². The number of aromatic hydroxyl groups is 1. The van der Waals surface area contributed by atoms with Gasteiger partial charge in [0.05, 0.1) is 49.3 Å². The molecule has 0 saturated carbocycles. The molecule has 0 bridgehead atoms. The summed E-state index contributed by atoms with van der Waals surface area (Å²) in [6.45, 7) is 9.04. The van der Waals surface area contributed by atoms with Crippen LogP contribution in [-0.2, 0) is 97.6 Å². The number of benzene rings is 3. The van der Waals surface area contributed by atoms with E-state index < -0.39 is 204 Å². The van der Waals surface area contributed by atoms with E-state index in [9.17, 15) is 63.3 Å². The third kappa shape index (κ3) is 28.2. The zero-order chi connectivity index (χ0) is 94.7. The predicted molar refractivity (Wildman–Crippen MR) is 484 cm³/mol. The first-order chi connectivity index (χ1) is 62.0. The summed E-state index contributed by atoms with van der Waals surface area (Å²) in [4.78, 5) is 238. The number of rotatable bonds is 23. The van der Waals surface area contributed by atoms with Gasteiger partial charge >= 0.3 is 0 Å². The van der Waals surface area contributed by atoms with Crippen molar-refractivity contribution in [3.05, 3.63) is 120 Å². The van der Waals surface area contributed by atoms with E-state index in [-0.39, 0.29) is 108 Å². The Morgan fingerprint density at radius 3 is 1.80 bits per heavy atom. The van der Waals surface area contributed by atoms with Crippen molar-refractivity contribution in [3.8, 4) is 5.75 Å². The summed E-state index contributed by atoms with van der Waals surface area (Å²) in [5, 5.41) is 63.4. The number of hydrogen-bond donors (Lipinski definition) is 19. The van der Waals surface area contributed by atoms with Crippen molar-refractivity contribution < 1.29 is 87.2 Å². The molecule has 40 nitrogen and oxygen atoms in total. The Morgan fingerprint density at radius 1 is 0.592 bits per heavy atom. The molecule has 3 saturated heterocycles. The van der Waals surface area contributed by atoms with Crippen molar-refractivity contribution in [3.63, 3.8) is 0 Å². The monoisotopic (exact) mass is 1820 g/mol. The number of unbranched alkanes of at least 4 members (excludes halogenated alkanes) is 2. The number of fused-ring (bicyclic) bond motifs is 4. The van der Waals surface area contributed by atoms with Crippen LogP contribution in [0.3, 0.4) is 0 Å². The van der Waals surface area contributed by atoms with Gasteiger partial charge in [0.1, 0.15) is 72.4 Å². The van der Waals surface area contributed by atoms with E-state index in [0.717, 1.165) is 32.5 Å². The van der Waals surface area contributed by atoms with Crippen molar-refractivity contribution in [2.75, 3.05) is 65.4 Å². The molecular formula is C89H128N22O18S. The van der Waals surface area contributed by atoms with Gasteiger partial charge < -0.3 is 115 Å². The number of nitrogens with zero attached hydrogens (tertiary/aromatic N) is 6. The lowest BCUT2D eigenvalue weighted by atomic mass is 10.00. The topological polar surface area (TPSA) is 592 Å². The molecule has 3 aliphatic heterocycles. The average molecular weight is 1830 g/mol. The number of carbonyl (C=O) groups excluding carboxylic acids is 15. The van der Waals surface area contributed by atoms with E-state index in [4.69, 9.17) is 17.2 Å². The number of phenols is 1. The van der Waals surface area contributed by atoms with Gasteiger partial charge in [0.15, 0.2) is 0 Å². The van der Waals surface area contributed by atoms with E-state index in [0.29, 0.717) is 65.4 Å². The van der Waals surface area contributed by atoms with Crippen molar-refractivity contribution >= 4 is 122 Å². The summed E-state index contributed by atoms with van der Waals surface area (Å²) in [7, 11) is 4.56. The number of thioether (sulfide) groups is 1. The number of aromatic nitrogens is 4. The number of carbonyl (C=O) groups is 15. The maximum Gasteiger partial charge on any atom is 0.246 e. The molecule has 22 N–H and O–H groups in total. The number of phenolic OH excluding ortho intramolecular Hbond substituents is 1. The van der Waals surface area contributed by atoms with Crippen molar-refractivity contribution in [2.24, 2.45) is 23.1 Å². The van der Waals surface area contributed by atoms with Gasteiger partial charge in [-0.3, -0.25) is 82.1 Å². The van der Waals surface area contributed by atoms with Gasteiger partial charge in [0, 0.05) is 111 Å². The standard InChI is InChI=1S/C89H128N22O18S/c1-10-12-19-56-44-107(7)71(24-13-11-2)83(123)98-50(5)77(117)106-70(79(119)96-43-75(92)115)46-130-47-76(116)99-67(34-52-26-28-57(112)29-27-52)86(126)108(8)51(6)78(118)103-69(39-74(91)114)88(128)110-32-18-25-72(110)84(124)102-65(37-55-42-93-48-97-55)82(122)104-66(33-49(3)4)89(129)111-45-58(113)38-73(111)85(125)101-64(35-53-40-94-61-22-16-14-20-59(53)61)81(121)100-63(30-31-90)80(120)105-68(87(127)109(56)9)36-54-41-95-62-23-17-15-21-60(54)62/h14-17,20-23,26-29,40-42,48-51,56,58,63-73,85,94-95,101,112-113,125H,10-13,18-19,24-25,30-39,43-47,90H2,1-9H3,(H2,91,114)(H2,92,115)(H,93,97)(H,96,119)(H,98,123)(H,99,116)(H,100,121)(H,102,124)(H,103,118)(H,104,122)(H,105,120)(H,106,117)/t50-,51-,56-,58+,63?,64-,65-,66-,67-,68-,69-,70-,71-,72-,73-,85?/m0/s1. The highest BCUT2D eigenvalue weighted by Crippen LogP contribution is 2.29. The number of amides is 15. The highest BCUT2D eigenvalue weighted by molar-refractivity contribution is 8.00. The summed E-state index contributed by atoms with van der Waals surface area (Å²) in [5.74, 6) is -13.8. The van der Waals surface area contributed by atoms with Gasteiger partial charge in [-0.1, -0.05) is 102 Å². The molecule has 0 spiro atoms. The molecule has 3 aromatic heterocycles. The van der Waals surface area contributed by atoms with Gasteiger partial charge in [-0.25, -0.2) is 4.98 Å². The predicted octanol–water partition coefficient (Wildman–Crippen LogP) is -1.55. The molecule has 41 heteroatoms. The zero-order valence-electron chi connectivity index (χ0n) is 75.1. The van der Waals surface area contributed by atoms with Crippen molar-refractivity contribution in [1.82, 2.24) is 97.6 Å². The van der Waals surface area contributed by atoms with Crippen LogP contribution < -0.4 is 70.4 Å². The molecule has 708 valence electrons. The number of aliphatic hydroxyl groups excluding tert-OH is 2. The van der Waals surface area contributed by atoms with Gasteiger partial charge in [0.2, 0.25) is 88.6 Å². The first kappa shape index (κ1) is 102. The van der Waals surface area contributed by atoms with Crippen LogP contribution in [0.1, 0.15) is 141 Å². The van der Waals surface area contributed by atoms with Crippen molar-refractivity contribution in [2.45, 2.75) is 241 Å². The fourth-order valence-corrected chi connectivity index (χ4v) is 17.5. The summed E-state index contributed by atoms with van der Waals surface area (Å²) >= 11 is 0.829. The van der Waals surface area contributed by atoms with Gasteiger partial charge in [0.25, 0.3) is 0 Å². The van der Waals surface area contributed by atoms with Crippen molar-refractivity contribution in [1.29, 1.82) is 0 Å². The summed E-state index contributed by atoms with van der Waals surface area (Å²) in [5.41, 5.74) is 20.9. The average Bonchev–Trinajstić information content (AvgIpc) is 1.65. The number of likely N-dealkylation sites (N-methyl/N-ethyl adjacent to an activating group) is 3. The fourth-order valence-electron chi connectivity index (χ4n) is 16.6. The number of primary amides is 2. The molecule has 6 heterocycles. The second-order valence-corrected chi connectivity index (χ2v) is 35.4. The van der Waals surface area contributed by atoms with E-state index >= 15 is 24.0 Å². The van der Waals surface area contributed by atoms with Crippen LogP contribution in [0.4, 0.5) is 0 Å². The molecule has 6 aromatic rings. The van der Waals surface area contributed by atoms with Gasteiger partial charge in [-0.2, -0.15) is 0 Å². The smallest absolute Gasteiger partial charge is 0.246 e. The second kappa shape index (κ2) is 48.6. The number of imidazole rings is 1. The van der Waals surface area contributed by atoms with Gasteiger partial charge in [-0.15, -0.1) is 11.8 Å².